The first kappa shape index (κ1) is 21.1. The summed E-state index contributed by atoms with van der Waals surface area (Å²) in [5.41, 5.74) is 4.40. The van der Waals surface area contributed by atoms with Crippen LogP contribution in [0.15, 0.2) is 72.5 Å². The SMILES string of the molecule is C=CCOC(=O)C1=C(C)N(Cc2cccc(C#N)c2)C(=O)C[C@H]1c1cccc(C)c1. The number of allylic oxidation sites excluding steroid dienone is 1. The van der Waals surface area contributed by atoms with Crippen molar-refractivity contribution in [2.24, 2.45) is 0 Å². The Balaban J connectivity index is 2.03. The lowest BCUT2D eigenvalue weighted by Gasteiger charge is -2.34. The monoisotopic (exact) mass is 400 g/mol. The number of nitriles is 1. The van der Waals surface area contributed by atoms with Crippen LogP contribution in [-0.2, 0) is 20.9 Å². The molecule has 5 heteroatoms. The molecule has 0 radical (unpaired) electrons. The quantitative estimate of drug-likeness (QED) is 0.533. The number of carbonyl (C=O) groups excluding carboxylic acids is 2. The average Bonchev–Trinajstić information content (AvgIpc) is 2.74. The van der Waals surface area contributed by atoms with Gasteiger partial charge in [-0.15, -0.1) is 0 Å². The maximum atomic E-state index is 13.1. The highest BCUT2D eigenvalue weighted by atomic mass is 16.5. The largest absolute Gasteiger partial charge is 0.458 e. The van der Waals surface area contributed by atoms with E-state index in [1.54, 1.807) is 30.0 Å². The molecule has 1 amide bonds. The van der Waals surface area contributed by atoms with E-state index in [1.807, 2.05) is 37.3 Å². The van der Waals surface area contributed by atoms with Gasteiger partial charge in [-0.2, -0.15) is 5.26 Å². The normalized spacial score (nSPS) is 16.2. The minimum absolute atomic E-state index is 0.0679. The van der Waals surface area contributed by atoms with E-state index in [-0.39, 0.29) is 24.9 Å². The number of aryl methyl sites for hydroxylation is 1. The standard InChI is InChI=1S/C25H24N2O3/c1-4-11-30-25(29)24-18(3)27(16-20-9-6-8-19(13-20)15-26)23(28)14-22(24)21-10-5-7-17(2)12-21/h4-10,12-13,22H,1,11,14,16H2,2-3H3/t22-/m0/s1. The molecular formula is C25H24N2O3. The van der Waals surface area contributed by atoms with E-state index in [0.717, 1.165) is 16.7 Å². The minimum atomic E-state index is -0.442. The van der Waals surface area contributed by atoms with Gasteiger partial charge >= 0.3 is 5.97 Å². The van der Waals surface area contributed by atoms with Gasteiger partial charge in [0.2, 0.25) is 5.91 Å². The van der Waals surface area contributed by atoms with E-state index >= 15 is 0 Å². The van der Waals surface area contributed by atoms with Crippen LogP contribution in [0.25, 0.3) is 0 Å². The Bertz CT molecular complexity index is 1060. The second-order valence-electron chi connectivity index (χ2n) is 7.35. The Kier molecular flexibility index (Phi) is 6.48. The van der Waals surface area contributed by atoms with Crippen molar-refractivity contribution >= 4 is 11.9 Å². The average molecular weight is 400 g/mol. The smallest absolute Gasteiger partial charge is 0.336 e. The fourth-order valence-electron chi connectivity index (χ4n) is 3.77. The van der Waals surface area contributed by atoms with Crippen molar-refractivity contribution in [1.29, 1.82) is 5.26 Å². The molecule has 30 heavy (non-hydrogen) atoms. The van der Waals surface area contributed by atoms with Gasteiger partial charge in [-0.1, -0.05) is 54.6 Å². The number of nitrogens with zero attached hydrogens (tertiary/aromatic N) is 2. The van der Waals surface area contributed by atoms with Crippen molar-refractivity contribution in [3.05, 3.63) is 94.7 Å². The molecule has 2 aromatic carbocycles. The fourth-order valence-corrected chi connectivity index (χ4v) is 3.77. The zero-order valence-electron chi connectivity index (χ0n) is 17.2. The first-order valence-electron chi connectivity index (χ1n) is 9.79. The van der Waals surface area contributed by atoms with Gasteiger partial charge in [0.25, 0.3) is 0 Å². The van der Waals surface area contributed by atoms with E-state index in [4.69, 9.17) is 10.00 Å². The topological polar surface area (TPSA) is 70.4 Å². The summed E-state index contributed by atoms with van der Waals surface area (Å²) in [4.78, 5) is 27.6. The van der Waals surface area contributed by atoms with Crippen LogP contribution in [0.3, 0.4) is 0 Å². The molecule has 3 rings (SSSR count). The summed E-state index contributed by atoms with van der Waals surface area (Å²) in [5, 5.41) is 9.14. The number of carbonyl (C=O) groups is 2. The van der Waals surface area contributed by atoms with Gasteiger partial charge in [0, 0.05) is 18.0 Å². The Hall–Kier alpha value is -3.65. The Morgan fingerprint density at radius 1 is 1.27 bits per heavy atom. The van der Waals surface area contributed by atoms with E-state index in [2.05, 4.69) is 12.6 Å². The second kappa shape index (κ2) is 9.23. The molecule has 0 saturated carbocycles. The minimum Gasteiger partial charge on any atom is -0.458 e. The van der Waals surface area contributed by atoms with E-state index in [0.29, 0.717) is 23.4 Å². The zero-order chi connectivity index (χ0) is 21.7. The van der Waals surface area contributed by atoms with E-state index in [9.17, 15) is 9.59 Å². The molecule has 0 aromatic heterocycles. The molecule has 1 aliphatic rings. The lowest BCUT2D eigenvalue weighted by atomic mass is 9.83. The van der Waals surface area contributed by atoms with Crippen molar-refractivity contribution in [2.75, 3.05) is 6.61 Å². The maximum absolute atomic E-state index is 13.1. The number of esters is 1. The number of hydrogen-bond acceptors (Lipinski definition) is 4. The molecule has 1 heterocycles. The van der Waals surface area contributed by atoms with Crippen molar-refractivity contribution in [1.82, 2.24) is 4.90 Å². The van der Waals surface area contributed by atoms with Crippen LogP contribution >= 0.6 is 0 Å². The van der Waals surface area contributed by atoms with Crippen molar-refractivity contribution in [2.45, 2.75) is 32.7 Å². The van der Waals surface area contributed by atoms with E-state index in [1.165, 1.54) is 6.08 Å². The summed E-state index contributed by atoms with van der Waals surface area (Å²) in [6.07, 6.45) is 1.70. The number of benzene rings is 2. The molecule has 0 N–H and O–H groups in total. The van der Waals surface area contributed by atoms with Crippen molar-refractivity contribution < 1.29 is 14.3 Å². The fraction of sp³-hybridized carbons (Fsp3) is 0.240. The lowest BCUT2D eigenvalue weighted by Crippen LogP contribution is -2.38. The highest BCUT2D eigenvalue weighted by molar-refractivity contribution is 5.96. The third-order valence-electron chi connectivity index (χ3n) is 5.22. The first-order valence-corrected chi connectivity index (χ1v) is 9.79. The molecule has 152 valence electrons. The van der Waals surface area contributed by atoms with Gasteiger partial charge < -0.3 is 9.64 Å². The third kappa shape index (κ3) is 4.49. The molecule has 0 spiro atoms. The van der Waals surface area contributed by atoms with Crippen LogP contribution in [0.5, 0.6) is 0 Å². The van der Waals surface area contributed by atoms with Crippen LogP contribution in [-0.4, -0.2) is 23.4 Å². The van der Waals surface area contributed by atoms with Crippen LogP contribution in [0.4, 0.5) is 0 Å². The zero-order valence-corrected chi connectivity index (χ0v) is 17.2. The molecule has 1 aliphatic heterocycles. The van der Waals surface area contributed by atoms with Gasteiger partial charge in [-0.25, -0.2) is 4.79 Å². The number of amides is 1. The third-order valence-corrected chi connectivity index (χ3v) is 5.22. The second-order valence-corrected chi connectivity index (χ2v) is 7.35. The van der Waals surface area contributed by atoms with Crippen LogP contribution < -0.4 is 0 Å². The molecule has 5 nitrogen and oxygen atoms in total. The number of hydrogen-bond donors (Lipinski definition) is 0. The summed E-state index contributed by atoms with van der Waals surface area (Å²) in [5.74, 6) is -0.875. The highest BCUT2D eigenvalue weighted by Crippen LogP contribution is 2.38. The summed E-state index contributed by atoms with van der Waals surface area (Å²) < 4.78 is 5.36. The van der Waals surface area contributed by atoms with Crippen molar-refractivity contribution in [3.8, 4) is 6.07 Å². The summed E-state index contributed by atoms with van der Waals surface area (Å²) in [7, 11) is 0. The number of rotatable bonds is 6. The van der Waals surface area contributed by atoms with Crippen LogP contribution in [0, 0.1) is 18.3 Å². The van der Waals surface area contributed by atoms with Gasteiger partial charge in [-0.05, 0) is 37.1 Å². The first-order chi connectivity index (χ1) is 14.4. The molecule has 0 aliphatic carbocycles. The van der Waals surface area contributed by atoms with Gasteiger partial charge in [0.1, 0.15) is 6.61 Å². The van der Waals surface area contributed by atoms with E-state index < -0.39 is 5.97 Å². The number of ether oxygens (including phenoxy) is 1. The molecule has 0 unspecified atom stereocenters. The summed E-state index contributed by atoms with van der Waals surface area (Å²) in [6.45, 7) is 7.75. The molecule has 0 saturated heterocycles. The Morgan fingerprint density at radius 2 is 2.03 bits per heavy atom. The Labute approximate surface area is 176 Å². The summed E-state index contributed by atoms with van der Waals surface area (Å²) >= 11 is 0. The van der Waals surface area contributed by atoms with Gasteiger partial charge in [-0.3, -0.25) is 4.79 Å². The lowest BCUT2D eigenvalue weighted by molar-refractivity contribution is -0.139. The molecular weight excluding hydrogens is 376 g/mol. The molecule has 2 aromatic rings. The Morgan fingerprint density at radius 3 is 2.73 bits per heavy atom. The van der Waals surface area contributed by atoms with Gasteiger partial charge in [0.15, 0.2) is 0 Å². The molecule has 0 fully saturated rings. The molecule has 0 bridgehead atoms. The van der Waals surface area contributed by atoms with Crippen molar-refractivity contribution in [3.63, 3.8) is 0 Å². The highest BCUT2D eigenvalue weighted by Gasteiger charge is 2.36. The summed E-state index contributed by atoms with van der Waals surface area (Å²) in [6, 6.07) is 17.1. The van der Waals surface area contributed by atoms with Crippen LogP contribution in [0.2, 0.25) is 0 Å². The van der Waals surface area contributed by atoms with Crippen LogP contribution in [0.1, 0.15) is 41.5 Å². The molecule has 1 atom stereocenters. The predicted molar refractivity (Wildman–Crippen MR) is 114 cm³/mol. The predicted octanol–water partition coefficient (Wildman–Crippen LogP) is 4.39. The maximum Gasteiger partial charge on any atom is 0.336 e. The van der Waals surface area contributed by atoms with Gasteiger partial charge in [0.05, 0.1) is 23.8 Å².